The second-order valence-electron chi connectivity index (χ2n) is 12.2. The molecule has 12 nitrogen and oxygen atoms in total. The largest absolute Gasteiger partial charge is 0.496 e. The molecule has 0 heterocycles. The molecular weight excluding hydrogens is 670 g/mol. The minimum atomic E-state index is -1.02. The lowest BCUT2D eigenvalue weighted by molar-refractivity contribution is -0.132. The molecule has 270 valence electrons. The monoisotopic (exact) mass is 715 g/mol. The van der Waals surface area contributed by atoms with E-state index in [9.17, 15) is 19.2 Å². The van der Waals surface area contributed by atoms with E-state index in [1.165, 1.54) is 0 Å². The van der Waals surface area contributed by atoms with E-state index in [1.807, 2.05) is 60.7 Å². The van der Waals surface area contributed by atoms with Gasteiger partial charge < -0.3 is 37.5 Å². The molecule has 0 unspecified atom stereocenters. The molecule has 0 aliphatic heterocycles. The van der Waals surface area contributed by atoms with E-state index in [0.29, 0.717) is 23.4 Å². The molecule has 4 amide bonds. The first kappa shape index (κ1) is 39.8. The third-order valence-corrected chi connectivity index (χ3v) is 8.08. The Kier molecular flexibility index (Phi) is 15.3. The number of nitrogens with two attached hydrogens (primary N) is 2. The van der Waals surface area contributed by atoms with Gasteiger partial charge >= 0.3 is 0 Å². The Labute approximate surface area is 304 Å². The number of fused-ring (bicyclic) bond motifs is 1. The number of carbonyl (C=O) groups excluding carboxylic acids is 4. The fourth-order valence-electron chi connectivity index (χ4n) is 5.46. The Morgan fingerprint density at radius 3 is 2.06 bits per heavy atom. The lowest BCUT2D eigenvalue weighted by Crippen LogP contribution is -2.58. The Hall–Kier alpha value is -5.62. The minimum absolute atomic E-state index is 0. The highest BCUT2D eigenvalue weighted by molar-refractivity contribution is 6.02. The van der Waals surface area contributed by atoms with Gasteiger partial charge in [0.15, 0.2) is 5.96 Å². The first-order valence-electron chi connectivity index (χ1n) is 16.5. The Bertz CT molecular complexity index is 1800. The number of carbonyl (C=O) groups is 4. The molecule has 3 atom stereocenters. The zero-order chi connectivity index (χ0) is 36.0. The number of rotatable bonds is 16. The van der Waals surface area contributed by atoms with Crippen molar-refractivity contribution >= 4 is 58.5 Å². The smallest absolute Gasteiger partial charge is 0.251 e. The number of hydrogen-bond acceptors (Lipinski definition) is 6. The van der Waals surface area contributed by atoms with Crippen LogP contribution in [0.5, 0.6) is 5.75 Å². The number of ether oxygens (including phenoxy) is 1. The number of methoxy groups -OCH3 is 1. The van der Waals surface area contributed by atoms with Crippen molar-refractivity contribution < 1.29 is 23.9 Å². The molecule has 0 aliphatic rings. The lowest BCUT2D eigenvalue weighted by Gasteiger charge is -2.27. The van der Waals surface area contributed by atoms with Crippen LogP contribution in [-0.4, -0.2) is 61.4 Å². The topological polar surface area (TPSA) is 190 Å². The second kappa shape index (κ2) is 19.5. The maximum atomic E-state index is 13.8. The van der Waals surface area contributed by atoms with Crippen molar-refractivity contribution in [1.29, 1.82) is 0 Å². The molecule has 13 heteroatoms. The molecule has 4 aromatic carbocycles. The Balaban J connectivity index is 0.00000702. The zero-order valence-corrected chi connectivity index (χ0v) is 29.7. The maximum Gasteiger partial charge on any atom is 0.251 e. The average molecular weight is 716 g/mol. The number of nitrogens with one attached hydrogen (secondary N) is 4. The normalized spacial score (nSPS) is 12.4. The summed E-state index contributed by atoms with van der Waals surface area (Å²) in [5, 5.41) is 13.2. The molecule has 0 spiro atoms. The van der Waals surface area contributed by atoms with E-state index >= 15 is 0 Å². The van der Waals surface area contributed by atoms with E-state index in [2.05, 4.69) is 26.3 Å². The summed E-state index contributed by atoms with van der Waals surface area (Å²) in [5.41, 5.74) is 12.7. The summed E-state index contributed by atoms with van der Waals surface area (Å²) >= 11 is 0. The van der Waals surface area contributed by atoms with Gasteiger partial charge in [-0.1, -0.05) is 86.6 Å². The van der Waals surface area contributed by atoms with Crippen molar-refractivity contribution in [2.45, 2.75) is 51.2 Å². The van der Waals surface area contributed by atoms with Crippen LogP contribution in [0.2, 0.25) is 0 Å². The van der Waals surface area contributed by atoms with Gasteiger partial charge in [-0.3, -0.25) is 24.2 Å². The van der Waals surface area contributed by atoms with Crippen LogP contribution in [-0.2, 0) is 20.8 Å². The average Bonchev–Trinajstić information content (AvgIpc) is 3.11. The van der Waals surface area contributed by atoms with Crippen molar-refractivity contribution in [1.82, 2.24) is 16.0 Å². The predicted octanol–water partition coefficient (Wildman–Crippen LogP) is 3.93. The number of hydrogen-bond donors (Lipinski definition) is 6. The summed E-state index contributed by atoms with van der Waals surface area (Å²) in [6, 6.07) is 26.0. The van der Waals surface area contributed by atoms with E-state index in [-0.39, 0.29) is 43.7 Å². The van der Waals surface area contributed by atoms with Gasteiger partial charge in [0.1, 0.15) is 23.9 Å². The summed E-state index contributed by atoms with van der Waals surface area (Å²) in [6.45, 7) is 3.82. The summed E-state index contributed by atoms with van der Waals surface area (Å²) < 4.78 is 5.55. The van der Waals surface area contributed by atoms with Crippen molar-refractivity contribution in [3.05, 3.63) is 108 Å². The van der Waals surface area contributed by atoms with Gasteiger partial charge in [0.25, 0.3) is 5.91 Å². The predicted molar refractivity (Wildman–Crippen MR) is 203 cm³/mol. The SMILES string of the molecule is COc1cc(NC(=O)[C@H](CCCN=C(N)N)NC(=O)[C@@H](NC(=O)[C@H](Cc2ccccc2)NC(=O)c2ccccc2)C(C)C)cc2ccccc12.Cl. The van der Waals surface area contributed by atoms with Crippen LogP contribution in [0, 0.1) is 5.92 Å². The summed E-state index contributed by atoms with van der Waals surface area (Å²) in [6.07, 6.45) is 0.797. The number of aliphatic imine (C=N–C) groups is 1. The number of halogens is 1. The van der Waals surface area contributed by atoms with Gasteiger partial charge in [-0.15, -0.1) is 12.4 Å². The molecule has 4 rings (SSSR count). The number of benzene rings is 4. The molecule has 0 aliphatic carbocycles. The molecule has 0 radical (unpaired) electrons. The first-order chi connectivity index (χ1) is 24.0. The van der Waals surface area contributed by atoms with Crippen molar-refractivity contribution in [3.63, 3.8) is 0 Å². The molecule has 0 saturated carbocycles. The van der Waals surface area contributed by atoms with E-state index < -0.39 is 41.8 Å². The van der Waals surface area contributed by atoms with Crippen LogP contribution in [0.25, 0.3) is 10.8 Å². The van der Waals surface area contributed by atoms with E-state index in [1.54, 1.807) is 57.4 Å². The maximum absolute atomic E-state index is 13.8. The van der Waals surface area contributed by atoms with E-state index in [0.717, 1.165) is 16.3 Å². The fourth-order valence-corrected chi connectivity index (χ4v) is 5.46. The van der Waals surface area contributed by atoms with E-state index in [4.69, 9.17) is 16.2 Å². The van der Waals surface area contributed by atoms with Crippen molar-refractivity contribution in [3.8, 4) is 5.75 Å². The number of nitrogens with zero attached hydrogens (tertiary/aromatic N) is 1. The lowest BCUT2D eigenvalue weighted by atomic mass is 10.00. The molecule has 4 aromatic rings. The Morgan fingerprint density at radius 2 is 1.41 bits per heavy atom. The van der Waals surface area contributed by atoms with Crippen LogP contribution in [0.4, 0.5) is 5.69 Å². The van der Waals surface area contributed by atoms with Gasteiger partial charge in [-0.05, 0) is 47.9 Å². The second-order valence-corrected chi connectivity index (χ2v) is 12.2. The third-order valence-electron chi connectivity index (χ3n) is 8.08. The molecule has 0 saturated heterocycles. The highest BCUT2D eigenvalue weighted by Gasteiger charge is 2.32. The van der Waals surface area contributed by atoms with Gasteiger partial charge in [0.2, 0.25) is 17.7 Å². The molecule has 8 N–H and O–H groups in total. The molecular formula is C38H46ClN7O5. The van der Waals surface area contributed by atoms with Crippen LogP contribution in [0.15, 0.2) is 102 Å². The molecule has 51 heavy (non-hydrogen) atoms. The summed E-state index contributed by atoms with van der Waals surface area (Å²) in [5.74, 6) is -1.84. The minimum Gasteiger partial charge on any atom is -0.496 e. The summed E-state index contributed by atoms with van der Waals surface area (Å²) in [7, 11) is 1.55. The third kappa shape index (κ3) is 11.7. The van der Waals surface area contributed by atoms with Crippen LogP contribution in [0.3, 0.4) is 0 Å². The molecule has 0 aromatic heterocycles. The molecule has 0 bridgehead atoms. The first-order valence-corrected chi connectivity index (χ1v) is 16.5. The van der Waals surface area contributed by atoms with Gasteiger partial charge in [0, 0.05) is 35.7 Å². The standard InChI is InChI=1S/C38H45N7O5.ClH/c1-24(2)33(45-36(48)31(21-25-13-6-4-7-14-25)44-34(46)26-15-8-5-9-16-26)37(49)43-30(19-12-20-41-38(39)40)35(47)42-28-22-27-17-10-11-18-29(27)32(23-28)50-3;/h4-11,13-18,22-24,30-31,33H,12,19-21H2,1-3H3,(H,42,47)(H,43,49)(H,44,46)(H,45,48)(H4,39,40,41);1H/t30-,31-,33-;/m0./s1. The quantitative estimate of drug-likeness (QED) is 0.0576. The molecule has 0 fully saturated rings. The van der Waals surface area contributed by atoms with Gasteiger partial charge in [-0.2, -0.15) is 0 Å². The van der Waals surface area contributed by atoms with Crippen LogP contribution < -0.4 is 37.5 Å². The highest BCUT2D eigenvalue weighted by Crippen LogP contribution is 2.30. The summed E-state index contributed by atoms with van der Waals surface area (Å²) in [4.78, 5) is 58.5. The number of guanidine groups is 1. The fraction of sp³-hybridized carbons (Fsp3) is 0.289. The van der Waals surface area contributed by atoms with Crippen molar-refractivity contribution in [2.75, 3.05) is 19.0 Å². The van der Waals surface area contributed by atoms with Crippen LogP contribution in [0.1, 0.15) is 42.6 Å². The Morgan fingerprint density at radius 1 is 0.765 bits per heavy atom. The zero-order valence-electron chi connectivity index (χ0n) is 28.9. The van der Waals surface area contributed by atoms with Crippen molar-refractivity contribution in [2.24, 2.45) is 22.4 Å². The van der Waals surface area contributed by atoms with Gasteiger partial charge in [0.05, 0.1) is 7.11 Å². The van der Waals surface area contributed by atoms with Crippen LogP contribution >= 0.6 is 12.4 Å². The number of anilines is 1. The van der Waals surface area contributed by atoms with Gasteiger partial charge in [-0.25, -0.2) is 0 Å². The highest BCUT2D eigenvalue weighted by atomic mass is 35.5. The number of amides is 4.